The molecule has 0 saturated heterocycles. The molecule has 0 aromatic heterocycles. The van der Waals surface area contributed by atoms with Crippen LogP contribution >= 0.6 is 0 Å². The summed E-state index contributed by atoms with van der Waals surface area (Å²) >= 11 is 0. The first-order valence-electron chi connectivity index (χ1n) is 10.4. The Balaban J connectivity index is 1.83. The monoisotopic (exact) mass is 376 g/mol. The van der Waals surface area contributed by atoms with Crippen molar-refractivity contribution in [1.29, 1.82) is 0 Å². The van der Waals surface area contributed by atoms with E-state index >= 15 is 0 Å². The lowest BCUT2D eigenvalue weighted by molar-refractivity contribution is 0.148. The summed E-state index contributed by atoms with van der Waals surface area (Å²) in [6, 6.07) is 10.3. The number of hydrogen-bond donors (Lipinski definition) is 0. The summed E-state index contributed by atoms with van der Waals surface area (Å²) < 4.78 is 5.71. The second-order valence-corrected chi connectivity index (χ2v) is 8.48. The first-order chi connectivity index (χ1) is 13.4. The molecule has 0 spiro atoms. The Morgan fingerprint density at radius 1 is 1.07 bits per heavy atom. The van der Waals surface area contributed by atoms with Crippen molar-refractivity contribution >= 4 is 0 Å². The molecule has 150 valence electrons. The fourth-order valence-electron chi connectivity index (χ4n) is 3.64. The molecule has 0 saturated carbocycles. The van der Waals surface area contributed by atoms with E-state index in [0.717, 1.165) is 0 Å². The van der Waals surface area contributed by atoms with Gasteiger partial charge in [0.05, 0.1) is 13.2 Å². The molecule has 1 aromatic rings. The average Bonchev–Trinajstić information content (AvgIpc) is 2.65. The van der Waals surface area contributed by atoms with E-state index < -0.39 is 0 Å². The highest BCUT2D eigenvalue weighted by Crippen LogP contribution is 2.40. The van der Waals surface area contributed by atoms with Gasteiger partial charge in [0.2, 0.25) is 0 Å². The smallest absolute Gasteiger partial charge is 0.0721 e. The van der Waals surface area contributed by atoms with Gasteiger partial charge >= 0.3 is 0 Å². The van der Waals surface area contributed by atoms with Crippen LogP contribution in [0.4, 0.5) is 0 Å². The third kappa shape index (κ3) is 7.48. The van der Waals surface area contributed by atoms with E-state index in [1.807, 2.05) is 18.2 Å². The van der Waals surface area contributed by atoms with Crippen molar-refractivity contribution in [3.05, 3.63) is 94.6 Å². The predicted octanol–water partition coefficient (Wildman–Crippen LogP) is 7.73. The van der Waals surface area contributed by atoms with Gasteiger partial charge in [-0.3, -0.25) is 0 Å². The standard InChI is InChI=1S/C27H36O/c1-22(16-17-26-24(3)13-10-19-27(26,4)5)11-9-12-23(2)18-20-28-21-25-14-7-6-8-15-25/h6-9,11-12,14-18H,10,13,19-21H2,1-5H3. The lowest BCUT2D eigenvalue weighted by Crippen LogP contribution is -2.19. The quantitative estimate of drug-likeness (QED) is 0.333. The molecule has 2 rings (SSSR count). The van der Waals surface area contributed by atoms with Gasteiger partial charge in [0.15, 0.2) is 0 Å². The SMILES string of the molecule is CC(C=CC1=C(C)CCCC1(C)C)=CC=CC(C)=CCOCc1ccccc1. The molecule has 0 N–H and O–H groups in total. The van der Waals surface area contributed by atoms with Gasteiger partial charge < -0.3 is 4.74 Å². The van der Waals surface area contributed by atoms with E-state index in [-0.39, 0.29) is 0 Å². The van der Waals surface area contributed by atoms with Gasteiger partial charge in [-0.25, -0.2) is 0 Å². The average molecular weight is 377 g/mol. The minimum absolute atomic E-state index is 0.300. The second kappa shape index (κ2) is 11.0. The molecule has 0 radical (unpaired) electrons. The minimum Gasteiger partial charge on any atom is -0.373 e. The van der Waals surface area contributed by atoms with Crippen LogP contribution in [0.3, 0.4) is 0 Å². The summed E-state index contributed by atoms with van der Waals surface area (Å²) in [6.07, 6.45) is 17.0. The van der Waals surface area contributed by atoms with Crippen LogP contribution in [0.15, 0.2) is 89.1 Å². The Kier molecular flexibility index (Phi) is 8.73. The molecule has 1 aromatic carbocycles. The molecule has 0 fully saturated rings. The summed E-state index contributed by atoms with van der Waals surface area (Å²) in [5.74, 6) is 0. The third-order valence-corrected chi connectivity index (χ3v) is 5.41. The summed E-state index contributed by atoms with van der Waals surface area (Å²) in [7, 11) is 0. The van der Waals surface area contributed by atoms with E-state index in [1.54, 1.807) is 5.57 Å². The van der Waals surface area contributed by atoms with Crippen LogP contribution in [0.25, 0.3) is 0 Å². The minimum atomic E-state index is 0.300. The molecule has 0 unspecified atom stereocenters. The van der Waals surface area contributed by atoms with Crippen molar-refractivity contribution < 1.29 is 4.74 Å². The van der Waals surface area contributed by atoms with E-state index in [0.29, 0.717) is 18.6 Å². The first kappa shape index (κ1) is 22.2. The number of rotatable bonds is 8. The zero-order chi connectivity index (χ0) is 20.4. The Bertz CT molecular complexity index is 770. The van der Waals surface area contributed by atoms with E-state index in [1.165, 1.54) is 41.5 Å². The molecular weight excluding hydrogens is 340 g/mol. The molecule has 1 aliphatic carbocycles. The Hall–Kier alpha value is -2.12. The summed E-state index contributed by atoms with van der Waals surface area (Å²) in [4.78, 5) is 0. The highest BCUT2D eigenvalue weighted by atomic mass is 16.5. The molecule has 1 heteroatoms. The summed E-state index contributed by atoms with van der Waals surface area (Å²) in [5.41, 5.74) is 7.06. The maximum absolute atomic E-state index is 5.71. The van der Waals surface area contributed by atoms with Gasteiger partial charge in [0.25, 0.3) is 0 Å². The fourth-order valence-corrected chi connectivity index (χ4v) is 3.64. The fraction of sp³-hybridized carbons (Fsp3) is 0.407. The molecule has 0 bridgehead atoms. The van der Waals surface area contributed by atoms with Crippen LogP contribution in [-0.2, 0) is 11.3 Å². The second-order valence-electron chi connectivity index (χ2n) is 8.48. The Labute approximate surface area is 172 Å². The van der Waals surface area contributed by atoms with E-state index in [4.69, 9.17) is 4.74 Å². The highest BCUT2D eigenvalue weighted by molar-refractivity contribution is 5.37. The van der Waals surface area contributed by atoms with E-state index in [9.17, 15) is 0 Å². The number of hydrogen-bond acceptors (Lipinski definition) is 1. The van der Waals surface area contributed by atoms with Crippen LogP contribution in [0, 0.1) is 5.41 Å². The molecule has 0 heterocycles. The number of ether oxygens (including phenoxy) is 1. The van der Waals surface area contributed by atoms with Gasteiger partial charge in [0.1, 0.15) is 0 Å². The first-order valence-corrected chi connectivity index (χ1v) is 10.4. The topological polar surface area (TPSA) is 9.23 Å². The normalized spacial score (nSPS) is 18.5. The van der Waals surface area contributed by atoms with Crippen molar-refractivity contribution in [2.45, 2.75) is 60.5 Å². The molecular formula is C27H36O. The van der Waals surface area contributed by atoms with Crippen LogP contribution in [0.2, 0.25) is 0 Å². The summed E-state index contributed by atoms with van der Waals surface area (Å²) in [6.45, 7) is 12.6. The molecule has 0 amide bonds. The van der Waals surface area contributed by atoms with E-state index in [2.05, 4.69) is 83.2 Å². The zero-order valence-corrected chi connectivity index (χ0v) is 18.3. The van der Waals surface area contributed by atoms with Gasteiger partial charge in [-0.05, 0) is 56.6 Å². The van der Waals surface area contributed by atoms with Gasteiger partial charge in [-0.15, -0.1) is 0 Å². The van der Waals surface area contributed by atoms with Crippen molar-refractivity contribution in [3.8, 4) is 0 Å². The van der Waals surface area contributed by atoms with Gasteiger partial charge in [-0.1, -0.05) is 97.4 Å². The zero-order valence-electron chi connectivity index (χ0n) is 18.3. The number of benzene rings is 1. The van der Waals surface area contributed by atoms with Gasteiger partial charge in [0, 0.05) is 0 Å². The van der Waals surface area contributed by atoms with Crippen molar-refractivity contribution in [1.82, 2.24) is 0 Å². The largest absolute Gasteiger partial charge is 0.373 e. The maximum atomic E-state index is 5.71. The summed E-state index contributed by atoms with van der Waals surface area (Å²) in [5, 5.41) is 0. The number of allylic oxidation sites excluding steroid dienone is 9. The lowest BCUT2D eigenvalue weighted by atomic mass is 9.72. The van der Waals surface area contributed by atoms with Crippen LogP contribution in [0.5, 0.6) is 0 Å². The van der Waals surface area contributed by atoms with Crippen molar-refractivity contribution in [3.63, 3.8) is 0 Å². The maximum Gasteiger partial charge on any atom is 0.0721 e. The predicted molar refractivity (Wildman–Crippen MR) is 122 cm³/mol. The molecule has 0 aliphatic heterocycles. The van der Waals surface area contributed by atoms with Crippen molar-refractivity contribution in [2.75, 3.05) is 6.61 Å². The molecule has 28 heavy (non-hydrogen) atoms. The van der Waals surface area contributed by atoms with Crippen LogP contribution in [-0.4, -0.2) is 6.61 Å². The van der Waals surface area contributed by atoms with Gasteiger partial charge in [-0.2, -0.15) is 0 Å². The van der Waals surface area contributed by atoms with Crippen LogP contribution in [0.1, 0.15) is 59.4 Å². The molecule has 1 aliphatic rings. The van der Waals surface area contributed by atoms with Crippen LogP contribution < -0.4 is 0 Å². The van der Waals surface area contributed by atoms with Crippen molar-refractivity contribution in [2.24, 2.45) is 5.41 Å². The molecule has 0 atom stereocenters. The Morgan fingerprint density at radius 2 is 1.82 bits per heavy atom. The third-order valence-electron chi connectivity index (χ3n) is 5.41. The Morgan fingerprint density at radius 3 is 2.54 bits per heavy atom. The lowest BCUT2D eigenvalue weighted by Gasteiger charge is -2.32. The molecule has 1 nitrogen and oxygen atoms in total. The highest BCUT2D eigenvalue weighted by Gasteiger charge is 2.26.